The summed E-state index contributed by atoms with van der Waals surface area (Å²) in [6, 6.07) is 4.48. The van der Waals surface area contributed by atoms with Gasteiger partial charge >= 0.3 is 0 Å². The zero-order valence-electron chi connectivity index (χ0n) is 13.7. The highest BCUT2D eigenvalue weighted by Crippen LogP contribution is 2.38. The van der Waals surface area contributed by atoms with Crippen LogP contribution in [0, 0.1) is 5.41 Å². The highest BCUT2D eigenvalue weighted by Gasteiger charge is 2.35. The first-order valence-electron chi connectivity index (χ1n) is 8.13. The van der Waals surface area contributed by atoms with Crippen molar-refractivity contribution in [1.29, 1.82) is 0 Å². The van der Waals surface area contributed by atoms with Gasteiger partial charge in [0.2, 0.25) is 0 Å². The molecule has 1 fully saturated rings. The minimum Gasteiger partial charge on any atom is -0.356 e. The summed E-state index contributed by atoms with van der Waals surface area (Å²) in [6.07, 6.45) is 3.76. The first-order chi connectivity index (χ1) is 9.99. The van der Waals surface area contributed by atoms with Crippen LogP contribution in [0.3, 0.4) is 0 Å². The van der Waals surface area contributed by atoms with Gasteiger partial charge in [-0.3, -0.25) is 0 Å². The lowest BCUT2D eigenvalue weighted by molar-refractivity contribution is 0.301. The quantitative estimate of drug-likeness (QED) is 0.851. The molecule has 1 N–H and O–H groups in total. The van der Waals surface area contributed by atoms with Gasteiger partial charge in [-0.2, -0.15) is 0 Å². The van der Waals surface area contributed by atoms with Crippen molar-refractivity contribution in [2.45, 2.75) is 59.5 Å². The second-order valence-corrected chi connectivity index (χ2v) is 6.92. The minimum atomic E-state index is 0.436. The molecule has 0 bridgehead atoms. The number of halogens is 1. The number of nitrogens with zero attached hydrogens (tertiary/aromatic N) is 2. The average Bonchev–Trinajstić information content (AvgIpc) is 2.91. The maximum atomic E-state index is 6.28. The Morgan fingerprint density at radius 1 is 1.33 bits per heavy atom. The van der Waals surface area contributed by atoms with Gasteiger partial charge in [-0.25, -0.2) is 4.98 Å². The Kier molecular flexibility index (Phi) is 5.50. The standard InChI is InChI=1S/C17H28ClN3/c1-5-17(6-2)9-10-21(12-17)16-8-7-14(18)15(20-16)11-19-13(3)4/h7-8,13,19H,5-6,9-12H2,1-4H3. The number of hydrogen-bond acceptors (Lipinski definition) is 3. The van der Waals surface area contributed by atoms with Gasteiger partial charge in [-0.15, -0.1) is 0 Å². The molecule has 118 valence electrons. The molecule has 2 heterocycles. The Morgan fingerprint density at radius 2 is 2.05 bits per heavy atom. The molecule has 1 aromatic rings. The molecular formula is C17H28ClN3. The molecule has 0 unspecified atom stereocenters. The van der Waals surface area contributed by atoms with Gasteiger partial charge in [0.25, 0.3) is 0 Å². The van der Waals surface area contributed by atoms with Gasteiger partial charge < -0.3 is 10.2 Å². The number of nitrogens with one attached hydrogen (secondary N) is 1. The fourth-order valence-electron chi connectivity index (χ4n) is 3.03. The van der Waals surface area contributed by atoms with Crippen LogP contribution in [0.5, 0.6) is 0 Å². The van der Waals surface area contributed by atoms with Crippen LogP contribution in [0.1, 0.15) is 52.7 Å². The van der Waals surface area contributed by atoms with Crippen molar-refractivity contribution in [2.24, 2.45) is 5.41 Å². The molecule has 0 aliphatic carbocycles. The van der Waals surface area contributed by atoms with Crippen LogP contribution in [-0.2, 0) is 6.54 Å². The summed E-state index contributed by atoms with van der Waals surface area (Å²) in [6.45, 7) is 11.8. The Bertz CT molecular complexity index is 469. The lowest BCUT2D eigenvalue weighted by Crippen LogP contribution is -2.27. The number of pyridine rings is 1. The molecule has 21 heavy (non-hydrogen) atoms. The number of anilines is 1. The molecular weight excluding hydrogens is 282 g/mol. The van der Waals surface area contributed by atoms with Crippen molar-refractivity contribution in [3.63, 3.8) is 0 Å². The molecule has 0 spiro atoms. The van der Waals surface area contributed by atoms with Crippen LogP contribution in [0.4, 0.5) is 5.82 Å². The van der Waals surface area contributed by atoms with E-state index in [1.165, 1.54) is 19.3 Å². The van der Waals surface area contributed by atoms with Gasteiger partial charge in [0.05, 0.1) is 10.7 Å². The van der Waals surface area contributed by atoms with Crippen LogP contribution < -0.4 is 10.2 Å². The van der Waals surface area contributed by atoms with Gasteiger partial charge in [-0.05, 0) is 36.8 Å². The van der Waals surface area contributed by atoms with Gasteiger partial charge in [-0.1, -0.05) is 39.3 Å². The number of hydrogen-bond donors (Lipinski definition) is 1. The Hall–Kier alpha value is -0.800. The van der Waals surface area contributed by atoms with Crippen LogP contribution in [0.2, 0.25) is 5.02 Å². The van der Waals surface area contributed by atoms with Crippen molar-refractivity contribution in [1.82, 2.24) is 10.3 Å². The molecule has 1 aliphatic rings. The van der Waals surface area contributed by atoms with Crippen molar-refractivity contribution in [3.05, 3.63) is 22.8 Å². The summed E-state index contributed by atoms with van der Waals surface area (Å²) in [5.41, 5.74) is 1.42. The molecule has 1 aromatic heterocycles. The van der Waals surface area contributed by atoms with E-state index in [1.54, 1.807) is 0 Å². The Balaban J connectivity index is 2.12. The molecule has 2 rings (SSSR count). The van der Waals surface area contributed by atoms with E-state index < -0.39 is 0 Å². The second-order valence-electron chi connectivity index (χ2n) is 6.51. The molecule has 0 saturated carbocycles. The molecule has 0 amide bonds. The third kappa shape index (κ3) is 3.89. The molecule has 3 nitrogen and oxygen atoms in total. The van der Waals surface area contributed by atoms with E-state index in [-0.39, 0.29) is 0 Å². The normalized spacial score (nSPS) is 17.7. The molecule has 1 saturated heterocycles. The summed E-state index contributed by atoms with van der Waals surface area (Å²) in [7, 11) is 0. The first-order valence-corrected chi connectivity index (χ1v) is 8.51. The van der Waals surface area contributed by atoms with E-state index in [4.69, 9.17) is 16.6 Å². The zero-order chi connectivity index (χ0) is 15.5. The molecule has 4 heteroatoms. The molecule has 0 radical (unpaired) electrons. The summed E-state index contributed by atoms with van der Waals surface area (Å²) in [5.74, 6) is 1.07. The van der Waals surface area contributed by atoms with Crippen molar-refractivity contribution < 1.29 is 0 Å². The Labute approximate surface area is 134 Å². The topological polar surface area (TPSA) is 28.2 Å². The van der Waals surface area contributed by atoms with Crippen molar-refractivity contribution >= 4 is 17.4 Å². The largest absolute Gasteiger partial charge is 0.356 e. The van der Waals surface area contributed by atoms with E-state index >= 15 is 0 Å². The van der Waals surface area contributed by atoms with Crippen molar-refractivity contribution in [3.8, 4) is 0 Å². The van der Waals surface area contributed by atoms with E-state index in [0.717, 1.165) is 36.2 Å². The third-order valence-electron chi connectivity index (χ3n) is 4.84. The molecule has 1 aliphatic heterocycles. The monoisotopic (exact) mass is 309 g/mol. The highest BCUT2D eigenvalue weighted by molar-refractivity contribution is 6.31. The molecule has 0 aromatic carbocycles. The lowest BCUT2D eigenvalue weighted by Gasteiger charge is -2.27. The lowest BCUT2D eigenvalue weighted by atomic mass is 9.82. The summed E-state index contributed by atoms with van der Waals surface area (Å²) in [4.78, 5) is 7.21. The third-order valence-corrected chi connectivity index (χ3v) is 5.19. The van der Waals surface area contributed by atoms with Crippen LogP contribution in [0.25, 0.3) is 0 Å². The summed E-state index contributed by atoms with van der Waals surface area (Å²) >= 11 is 6.28. The number of aromatic nitrogens is 1. The second kappa shape index (κ2) is 6.97. The maximum absolute atomic E-state index is 6.28. The molecule has 0 atom stereocenters. The fraction of sp³-hybridized carbons (Fsp3) is 0.706. The van der Waals surface area contributed by atoms with Gasteiger partial charge in [0.15, 0.2) is 0 Å². The van der Waals surface area contributed by atoms with Gasteiger partial charge in [0.1, 0.15) is 5.82 Å². The van der Waals surface area contributed by atoms with Crippen LogP contribution in [-0.4, -0.2) is 24.1 Å². The van der Waals surface area contributed by atoms with E-state index in [0.29, 0.717) is 11.5 Å². The summed E-state index contributed by atoms with van der Waals surface area (Å²) in [5, 5.41) is 4.15. The van der Waals surface area contributed by atoms with Crippen molar-refractivity contribution in [2.75, 3.05) is 18.0 Å². The number of rotatable bonds is 6. The summed E-state index contributed by atoms with van der Waals surface area (Å²) < 4.78 is 0. The van der Waals surface area contributed by atoms with Gasteiger partial charge in [0, 0.05) is 25.7 Å². The predicted octanol–water partition coefficient (Wildman–Crippen LogP) is 4.25. The predicted molar refractivity (Wildman–Crippen MR) is 91.1 cm³/mol. The SMILES string of the molecule is CCC1(CC)CCN(c2ccc(Cl)c(CNC(C)C)n2)C1. The average molecular weight is 310 g/mol. The van der Waals surface area contributed by atoms with E-state index in [1.807, 2.05) is 6.07 Å². The first kappa shape index (κ1) is 16.6. The van der Waals surface area contributed by atoms with Crippen LogP contribution >= 0.6 is 11.6 Å². The van der Waals surface area contributed by atoms with Crippen LogP contribution in [0.15, 0.2) is 12.1 Å². The maximum Gasteiger partial charge on any atom is 0.128 e. The smallest absolute Gasteiger partial charge is 0.128 e. The fourth-order valence-corrected chi connectivity index (χ4v) is 3.20. The highest BCUT2D eigenvalue weighted by atomic mass is 35.5. The zero-order valence-corrected chi connectivity index (χ0v) is 14.5. The minimum absolute atomic E-state index is 0.436. The van der Waals surface area contributed by atoms with E-state index in [2.05, 4.69) is 44.0 Å². The van der Waals surface area contributed by atoms with E-state index in [9.17, 15) is 0 Å². The Morgan fingerprint density at radius 3 is 2.62 bits per heavy atom.